The SMILES string of the molecule is CCCCc1ccc(NC(=O)NCCCN(C)C[C@@H](OC)[C@@H](O)[C@@H](O)n2cnc3c(N)ncnc32)cc1. The number of nitrogen functional groups attached to an aromatic ring is 1. The van der Waals surface area contributed by atoms with Gasteiger partial charge in [0, 0.05) is 25.9 Å². The van der Waals surface area contributed by atoms with Gasteiger partial charge in [-0.2, -0.15) is 0 Å². The molecule has 1 aromatic carbocycles. The molecule has 12 heteroatoms. The number of hydrogen-bond acceptors (Lipinski definition) is 9. The van der Waals surface area contributed by atoms with E-state index in [4.69, 9.17) is 10.5 Å². The molecule has 3 aromatic rings. The molecule has 0 saturated heterocycles. The van der Waals surface area contributed by atoms with Crippen molar-refractivity contribution in [2.45, 2.75) is 51.0 Å². The maximum absolute atomic E-state index is 12.2. The molecule has 2 heterocycles. The largest absolute Gasteiger partial charge is 0.386 e. The van der Waals surface area contributed by atoms with Crippen molar-refractivity contribution in [3.8, 4) is 0 Å². The van der Waals surface area contributed by atoms with Crippen LogP contribution in [-0.2, 0) is 11.2 Å². The Morgan fingerprint density at radius 2 is 1.95 bits per heavy atom. The first-order valence-electron chi connectivity index (χ1n) is 12.5. The minimum absolute atomic E-state index is 0.191. The zero-order valence-corrected chi connectivity index (χ0v) is 21.7. The first-order chi connectivity index (χ1) is 17.8. The normalized spacial score (nSPS) is 14.0. The second kappa shape index (κ2) is 13.8. The molecular formula is C25H38N8O4. The first-order valence-corrected chi connectivity index (χ1v) is 12.5. The summed E-state index contributed by atoms with van der Waals surface area (Å²) >= 11 is 0. The summed E-state index contributed by atoms with van der Waals surface area (Å²) in [5, 5.41) is 27.2. The van der Waals surface area contributed by atoms with Crippen LogP contribution in [0.5, 0.6) is 0 Å². The summed E-state index contributed by atoms with van der Waals surface area (Å²) in [5.41, 5.74) is 8.48. The Bertz CT molecular complexity index is 1120. The lowest BCUT2D eigenvalue weighted by Gasteiger charge is -2.29. The molecule has 202 valence electrons. The van der Waals surface area contributed by atoms with Gasteiger partial charge >= 0.3 is 6.03 Å². The highest BCUT2D eigenvalue weighted by atomic mass is 16.5. The molecular weight excluding hydrogens is 476 g/mol. The highest BCUT2D eigenvalue weighted by molar-refractivity contribution is 5.89. The summed E-state index contributed by atoms with van der Waals surface area (Å²) in [6.45, 7) is 3.65. The molecule has 0 fully saturated rings. The van der Waals surface area contributed by atoms with Gasteiger partial charge in [-0.3, -0.25) is 4.57 Å². The zero-order chi connectivity index (χ0) is 26.8. The summed E-state index contributed by atoms with van der Waals surface area (Å²) in [5.74, 6) is 0.191. The number of imidazole rings is 1. The average Bonchev–Trinajstić information content (AvgIpc) is 3.34. The van der Waals surface area contributed by atoms with Crippen molar-refractivity contribution < 1.29 is 19.7 Å². The first kappa shape index (κ1) is 28.3. The Labute approximate surface area is 216 Å². The Morgan fingerprint density at radius 1 is 1.19 bits per heavy atom. The van der Waals surface area contributed by atoms with Gasteiger partial charge in [0.2, 0.25) is 0 Å². The fraction of sp³-hybridized carbons (Fsp3) is 0.520. The lowest BCUT2D eigenvalue weighted by molar-refractivity contribution is -0.108. The molecule has 0 radical (unpaired) electrons. The summed E-state index contributed by atoms with van der Waals surface area (Å²) in [6, 6.07) is 7.65. The third kappa shape index (κ3) is 7.83. The van der Waals surface area contributed by atoms with Gasteiger partial charge < -0.3 is 36.2 Å². The van der Waals surface area contributed by atoms with E-state index in [1.165, 1.54) is 29.9 Å². The van der Waals surface area contributed by atoms with E-state index in [2.05, 4.69) is 32.5 Å². The van der Waals surface area contributed by atoms with Crippen molar-refractivity contribution in [3.63, 3.8) is 0 Å². The monoisotopic (exact) mass is 514 g/mol. The maximum atomic E-state index is 12.2. The van der Waals surface area contributed by atoms with Gasteiger partial charge in [0.15, 0.2) is 17.7 Å². The number of hydrogen-bond donors (Lipinski definition) is 5. The van der Waals surface area contributed by atoms with Gasteiger partial charge in [0.05, 0.1) is 6.33 Å². The van der Waals surface area contributed by atoms with Crippen molar-refractivity contribution in [3.05, 3.63) is 42.5 Å². The number of benzene rings is 1. The van der Waals surface area contributed by atoms with Crippen molar-refractivity contribution >= 4 is 28.7 Å². The van der Waals surface area contributed by atoms with Gasteiger partial charge in [0.1, 0.15) is 24.1 Å². The van der Waals surface area contributed by atoms with Gasteiger partial charge in [0.25, 0.3) is 0 Å². The van der Waals surface area contributed by atoms with Gasteiger partial charge in [-0.15, -0.1) is 0 Å². The number of unbranched alkanes of at least 4 members (excludes halogenated alkanes) is 1. The zero-order valence-electron chi connectivity index (χ0n) is 21.7. The van der Waals surface area contributed by atoms with Crippen LogP contribution in [0.2, 0.25) is 0 Å². The summed E-state index contributed by atoms with van der Waals surface area (Å²) in [7, 11) is 3.36. The van der Waals surface area contributed by atoms with Crippen LogP contribution in [0.25, 0.3) is 11.2 Å². The van der Waals surface area contributed by atoms with Crippen LogP contribution < -0.4 is 16.4 Å². The number of likely N-dealkylation sites (N-methyl/N-ethyl adjacent to an activating group) is 1. The molecule has 0 aliphatic carbocycles. The number of anilines is 2. The highest BCUT2D eigenvalue weighted by Gasteiger charge is 2.30. The topological polar surface area (TPSA) is 164 Å². The second-order valence-corrected chi connectivity index (χ2v) is 9.06. The molecule has 0 unspecified atom stereocenters. The standard InChI is InChI=1S/C25H38N8O4/c1-4-5-7-17-8-10-18(11-9-17)31-25(36)27-12-6-13-32(2)14-19(37-3)21(34)24(35)33-16-30-20-22(26)28-15-29-23(20)33/h8-11,15-16,19,21,24,34-35H,4-7,12-14H2,1-3H3,(H2,26,28,29)(H2,27,31,36)/t19-,21-,24-/m1/s1. The second-order valence-electron chi connectivity index (χ2n) is 9.06. The minimum Gasteiger partial charge on any atom is -0.386 e. The number of nitrogens with zero attached hydrogens (tertiary/aromatic N) is 5. The maximum Gasteiger partial charge on any atom is 0.319 e. The molecule has 0 spiro atoms. The van der Waals surface area contributed by atoms with E-state index in [1.54, 1.807) is 0 Å². The number of carbonyl (C=O) groups is 1. The number of methoxy groups -OCH3 is 1. The number of nitrogens with two attached hydrogens (primary N) is 1. The number of aliphatic hydroxyl groups is 2. The number of aromatic nitrogens is 4. The summed E-state index contributed by atoms with van der Waals surface area (Å²) in [6.07, 6.45) is 3.39. The minimum atomic E-state index is -1.34. The Kier molecular flexibility index (Phi) is 10.6. The fourth-order valence-corrected chi connectivity index (χ4v) is 4.00. The molecule has 6 N–H and O–H groups in total. The van der Waals surface area contributed by atoms with E-state index in [0.717, 1.165) is 24.9 Å². The number of fused-ring (bicyclic) bond motifs is 1. The van der Waals surface area contributed by atoms with Crippen molar-refractivity contribution in [1.29, 1.82) is 0 Å². The average molecular weight is 515 g/mol. The van der Waals surface area contributed by atoms with Gasteiger partial charge in [-0.25, -0.2) is 19.7 Å². The quantitative estimate of drug-likeness (QED) is 0.202. The molecule has 37 heavy (non-hydrogen) atoms. The van der Waals surface area contributed by atoms with Crippen LogP contribution in [0, 0.1) is 0 Å². The number of urea groups is 1. The fourth-order valence-electron chi connectivity index (χ4n) is 4.00. The van der Waals surface area contributed by atoms with E-state index in [9.17, 15) is 15.0 Å². The van der Waals surface area contributed by atoms with E-state index < -0.39 is 18.4 Å². The predicted octanol–water partition coefficient (Wildman–Crippen LogP) is 1.76. The molecule has 12 nitrogen and oxygen atoms in total. The van der Waals surface area contributed by atoms with E-state index in [-0.39, 0.29) is 11.8 Å². The van der Waals surface area contributed by atoms with Crippen LogP contribution in [0.15, 0.2) is 36.9 Å². The molecule has 3 atom stereocenters. The highest BCUT2D eigenvalue weighted by Crippen LogP contribution is 2.21. The molecule has 0 bridgehead atoms. The molecule has 0 aliphatic heterocycles. The lowest BCUT2D eigenvalue weighted by atomic mass is 10.1. The van der Waals surface area contributed by atoms with E-state index in [0.29, 0.717) is 37.2 Å². The van der Waals surface area contributed by atoms with Gasteiger partial charge in [-0.05, 0) is 50.6 Å². The third-order valence-corrected chi connectivity index (χ3v) is 6.19. The number of ether oxygens (including phenoxy) is 1. The summed E-state index contributed by atoms with van der Waals surface area (Å²) < 4.78 is 6.79. The molecule has 0 aliphatic rings. The number of nitrogens with one attached hydrogen (secondary N) is 2. The Balaban J connectivity index is 1.41. The smallest absolute Gasteiger partial charge is 0.319 e. The Morgan fingerprint density at radius 3 is 2.65 bits per heavy atom. The number of aliphatic hydroxyl groups excluding tert-OH is 2. The lowest BCUT2D eigenvalue weighted by Crippen LogP contribution is -2.43. The van der Waals surface area contributed by atoms with Crippen LogP contribution in [-0.4, -0.2) is 86.7 Å². The van der Waals surface area contributed by atoms with Crippen molar-refractivity contribution in [2.24, 2.45) is 0 Å². The van der Waals surface area contributed by atoms with Crippen molar-refractivity contribution in [1.82, 2.24) is 29.7 Å². The van der Waals surface area contributed by atoms with Crippen molar-refractivity contribution in [2.75, 3.05) is 44.8 Å². The van der Waals surface area contributed by atoms with Crippen LogP contribution in [0.4, 0.5) is 16.3 Å². The van der Waals surface area contributed by atoms with E-state index in [1.807, 2.05) is 36.2 Å². The van der Waals surface area contributed by atoms with Gasteiger partial charge in [-0.1, -0.05) is 25.5 Å². The molecule has 3 rings (SSSR count). The molecule has 2 amide bonds. The predicted molar refractivity (Wildman–Crippen MR) is 142 cm³/mol. The molecule has 2 aromatic heterocycles. The number of aryl methyl sites for hydroxylation is 1. The Hall–Kier alpha value is -3.32. The summed E-state index contributed by atoms with van der Waals surface area (Å²) in [4.78, 5) is 26.3. The number of carbonyl (C=O) groups excluding carboxylic acids is 1. The van der Waals surface area contributed by atoms with Crippen LogP contribution >= 0.6 is 0 Å². The number of rotatable bonds is 14. The van der Waals surface area contributed by atoms with Crippen LogP contribution in [0.1, 0.15) is 38.0 Å². The number of amides is 2. The van der Waals surface area contributed by atoms with E-state index >= 15 is 0 Å². The van der Waals surface area contributed by atoms with Crippen LogP contribution in [0.3, 0.4) is 0 Å². The molecule has 0 saturated carbocycles. The third-order valence-electron chi connectivity index (χ3n) is 6.19.